The highest BCUT2D eigenvalue weighted by atomic mass is 32.2. The van der Waals surface area contributed by atoms with Crippen molar-refractivity contribution in [2.24, 2.45) is 5.92 Å². The van der Waals surface area contributed by atoms with E-state index in [2.05, 4.69) is 20.3 Å². The van der Waals surface area contributed by atoms with Gasteiger partial charge in [-0.1, -0.05) is 61.4 Å². The lowest BCUT2D eigenvalue weighted by Gasteiger charge is -2.30. The molecule has 4 amide bonds. The topological polar surface area (TPSA) is 199 Å². The van der Waals surface area contributed by atoms with Crippen molar-refractivity contribution >= 4 is 67.1 Å². The number of amides is 4. The molecule has 1 unspecified atom stereocenters. The summed E-state index contributed by atoms with van der Waals surface area (Å²) < 4.78 is 42.3. The summed E-state index contributed by atoms with van der Waals surface area (Å²) >= 11 is 1.47. The summed E-state index contributed by atoms with van der Waals surface area (Å²) in [7, 11) is -4.45. The highest BCUT2D eigenvalue weighted by Gasteiger charge is 2.62. The fourth-order valence-electron chi connectivity index (χ4n) is 8.86. The number of pyridine rings is 1. The monoisotopic (exact) mass is 877 g/mol. The highest BCUT2D eigenvalue weighted by molar-refractivity contribution is 7.90. The number of aromatic nitrogens is 3. The first-order valence-electron chi connectivity index (χ1n) is 21.2. The largest absolute Gasteiger partial charge is 0.471 e. The number of nitrogens with one attached hydrogen (secondary N) is 3. The fraction of sp³-hybridized carbons (Fsp3) is 0.400. The maximum Gasteiger partial charge on any atom is 0.408 e. The molecular weight excluding hydrogens is 831 g/mol. The standard InChI is InChI=1S/C45H47N7O8S2/c53-40-35-25-31(59-41-39(36-21-12-24-61-36)47-32-18-8-9-19-33(32)48-41)27-52(35)42(54)34(49-44(56)60-30-16-6-7-17-30)20-5-3-1-2-4-15-29-26-45(29,50-40)43(55)51-62(57,58)37-22-10-13-28-14-11-23-46-38(28)37/h4,8-15,18-19,21-24,29-31,34-35H,1-3,5-7,16-17,20,25-27H2,(H,49,56)(H,50,53)(H,51,55)/b15-4-/t29?,31-,34+,35+,45-/m1/s1. The Morgan fingerprint density at radius 2 is 1.68 bits per heavy atom. The molecule has 2 aliphatic carbocycles. The Bertz CT molecular complexity index is 2650. The Morgan fingerprint density at radius 3 is 2.48 bits per heavy atom. The zero-order chi connectivity index (χ0) is 42.8. The van der Waals surface area contributed by atoms with Crippen molar-refractivity contribution in [1.82, 2.24) is 35.2 Å². The smallest absolute Gasteiger partial charge is 0.408 e. The Morgan fingerprint density at radius 1 is 0.887 bits per heavy atom. The molecule has 2 aromatic carbocycles. The molecular formula is C45H47N7O8S2. The van der Waals surface area contributed by atoms with E-state index in [0.717, 1.165) is 43.4 Å². The van der Waals surface area contributed by atoms with Crippen molar-refractivity contribution in [1.29, 1.82) is 0 Å². The molecule has 4 aliphatic rings. The minimum Gasteiger partial charge on any atom is -0.471 e. The minimum atomic E-state index is -4.45. The van der Waals surface area contributed by atoms with Gasteiger partial charge in [-0.25, -0.2) is 27.9 Å². The van der Waals surface area contributed by atoms with Gasteiger partial charge in [-0.3, -0.25) is 19.4 Å². The van der Waals surface area contributed by atoms with Gasteiger partial charge in [0.2, 0.25) is 17.7 Å². The molecule has 3 fully saturated rings. The lowest BCUT2D eigenvalue weighted by Crippen LogP contribution is -2.58. The van der Waals surface area contributed by atoms with E-state index >= 15 is 0 Å². The second kappa shape index (κ2) is 17.4. The van der Waals surface area contributed by atoms with Gasteiger partial charge in [-0.15, -0.1) is 11.3 Å². The normalized spacial score (nSPS) is 25.2. The van der Waals surface area contributed by atoms with Gasteiger partial charge in [0, 0.05) is 23.9 Å². The third kappa shape index (κ3) is 8.60. The number of ether oxygens (including phenoxy) is 2. The maximum atomic E-state index is 14.8. The van der Waals surface area contributed by atoms with Crippen molar-refractivity contribution in [3.63, 3.8) is 0 Å². The zero-order valence-corrected chi connectivity index (χ0v) is 35.5. The summed E-state index contributed by atoms with van der Waals surface area (Å²) in [6.45, 7) is -0.0455. The first-order chi connectivity index (χ1) is 30.1. The second-order valence-corrected chi connectivity index (χ2v) is 19.0. The Labute approximate surface area is 362 Å². The maximum absolute atomic E-state index is 14.8. The molecule has 5 aromatic rings. The van der Waals surface area contributed by atoms with Gasteiger partial charge in [0.25, 0.3) is 15.9 Å². The summed E-state index contributed by atoms with van der Waals surface area (Å²) in [5, 5.41) is 8.25. The molecule has 3 aromatic heterocycles. The van der Waals surface area contributed by atoms with Crippen LogP contribution >= 0.6 is 11.3 Å². The number of carbonyl (C=O) groups is 4. The summed E-state index contributed by atoms with van der Waals surface area (Å²) in [5.41, 5.74) is 0.353. The van der Waals surface area contributed by atoms with Crippen LogP contribution in [-0.2, 0) is 29.1 Å². The van der Waals surface area contributed by atoms with Crippen LogP contribution in [0.25, 0.3) is 32.5 Å². The zero-order valence-electron chi connectivity index (χ0n) is 33.9. The predicted molar refractivity (Wildman–Crippen MR) is 231 cm³/mol. The van der Waals surface area contributed by atoms with Crippen LogP contribution in [0.1, 0.15) is 70.6 Å². The quantitative estimate of drug-likeness (QED) is 0.150. The van der Waals surface area contributed by atoms with Crippen molar-refractivity contribution in [3.8, 4) is 16.5 Å². The van der Waals surface area contributed by atoms with Gasteiger partial charge >= 0.3 is 6.09 Å². The molecule has 5 atom stereocenters. The minimum absolute atomic E-state index is 0.00732. The molecule has 0 spiro atoms. The molecule has 0 radical (unpaired) electrons. The fourth-order valence-corrected chi connectivity index (χ4v) is 10.8. The molecule has 5 heterocycles. The van der Waals surface area contributed by atoms with Crippen molar-refractivity contribution in [3.05, 3.63) is 90.5 Å². The van der Waals surface area contributed by atoms with Crippen LogP contribution in [0, 0.1) is 5.92 Å². The van der Waals surface area contributed by atoms with E-state index < -0.39 is 63.5 Å². The molecule has 62 heavy (non-hydrogen) atoms. The highest BCUT2D eigenvalue weighted by Crippen LogP contribution is 2.46. The molecule has 0 bridgehead atoms. The van der Waals surface area contributed by atoms with E-state index in [0.29, 0.717) is 41.4 Å². The predicted octanol–water partition coefficient (Wildman–Crippen LogP) is 6.19. The Kier molecular flexibility index (Phi) is 11.6. The number of alkyl carbamates (subject to hydrolysis) is 1. The van der Waals surface area contributed by atoms with Gasteiger partial charge in [-0.05, 0) is 87.1 Å². The van der Waals surface area contributed by atoms with Crippen molar-refractivity contribution < 1.29 is 37.1 Å². The Balaban J connectivity index is 1.03. The summed E-state index contributed by atoms with van der Waals surface area (Å²) in [6.07, 6.45) is 10.3. The number of hydrogen-bond donors (Lipinski definition) is 3. The third-order valence-corrected chi connectivity index (χ3v) is 14.4. The molecule has 2 saturated carbocycles. The number of para-hydroxylation sites is 3. The van der Waals surface area contributed by atoms with Gasteiger partial charge in [0.05, 0.1) is 28.0 Å². The van der Waals surface area contributed by atoms with Gasteiger partial charge in [-0.2, -0.15) is 0 Å². The van der Waals surface area contributed by atoms with E-state index in [-0.39, 0.29) is 41.8 Å². The number of benzene rings is 2. The lowest BCUT2D eigenvalue weighted by atomic mass is 10.0. The number of thiophene rings is 1. The van der Waals surface area contributed by atoms with Gasteiger partial charge in [0.1, 0.15) is 40.4 Å². The molecule has 15 nitrogen and oxygen atoms in total. The molecule has 1 saturated heterocycles. The Hall–Kier alpha value is -5.94. The van der Waals surface area contributed by atoms with E-state index in [1.807, 2.05) is 53.9 Å². The van der Waals surface area contributed by atoms with Crippen LogP contribution < -0.4 is 20.1 Å². The van der Waals surface area contributed by atoms with Crippen LogP contribution in [0.3, 0.4) is 0 Å². The number of nitrogens with zero attached hydrogens (tertiary/aromatic N) is 4. The summed E-state index contributed by atoms with van der Waals surface area (Å²) in [5.74, 6) is -2.34. The van der Waals surface area contributed by atoms with Crippen LogP contribution in [-0.4, -0.2) is 88.5 Å². The third-order valence-electron chi connectivity index (χ3n) is 12.2. The van der Waals surface area contributed by atoms with E-state index in [9.17, 15) is 27.6 Å². The van der Waals surface area contributed by atoms with Crippen LogP contribution in [0.4, 0.5) is 4.79 Å². The number of allylic oxidation sites excluding steroid dienone is 1. The van der Waals surface area contributed by atoms with Gasteiger partial charge in [0.15, 0.2) is 0 Å². The molecule has 9 rings (SSSR count). The average Bonchev–Trinajstić information content (AvgIpc) is 3.76. The lowest BCUT2D eigenvalue weighted by molar-refractivity contribution is -0.141. The summed E-state index contributed by atoms with van der Waals surface area (Å²) in [4.78, 5) is 73.2. The molecule has 17 heteroatoms. The van der Waals surface area contributed by atoms with E-state index in [1.54, 1.807) is 24.3 Å². The van der Waals surface area contributed by atoms with Crippen LogP contribution in [0.2, 0.25) is 0 Å². The number of sulfonamides is 1. The second-order valence-electron chi connectivity index (χ2n) is 16.4. The van der Waals surface area contributed by atoms with Crippen LogP contribution in [0.15, 0.2) is 95.4 Å². The summed E-state index contributed by atoms with van der Waals surface area (Å²) in [6, 6.07) is 17.1. The number of fused-ring (bicyclic) bond motifs is 4. The molecule has 322 valence electrons. The molecule has 3 N–H and O–H groups in total. The van der Waals surface area contributed by atoms with Crippen molar-refractivity contribution in [2.75, 3.05) is 6.54 Å². The SMILES string of the molecule is O=C(N[C@H]1CCCCC/C=C\C2C[C@@]2(C(=O)NS(=O)(=O)c2cccc3cccnc23)NC(=O)[C@@H]2C[C@@H](Oc3nc4ccccc4nc3-c3cccs3)CN2C1=O)OC1CCCC1. The number of rotatable bonds is 8. The van der Waals surface area contributed by atoms with E-state index in [4.69, 9.17) is 19.4 Å². The van der Waals surface area contributed by atoms with Gasteiger partial charge < -0.3 is 25.0 Å². The van der Waals surface area contributed by atoms with Crippen LogP contribution in [0.5, 0.6) is 5.88 Å². The first kappa shape index (κ1) is 41.4. The number of hydrogen-bond acceptors (Lipinski definition) is 12. The average molecular weight is 878 g/mol. The van der Waals surface area contributed by atoms with E-state index in [1.165, 1.54) is 28.5 Å². The first-order valence-corrected chi connectivity index (χ1v) is 23.6. The number of carbonyl (C=O) groups excluding carboxylic acids is 4. The van der Waals surface area contributed by atoms with Crippen molar-refractivity contribution in [2.45, 2.75) is 105 Å². The molecule has 2 aliphatic heterocycles.